The predicted octanol–water partition coefficient (Wildman–Crippen LogP) is 3.77. The number of hydrogen-bond acceptors (Lipinski definition) is 2. The first-order chi connectivity index (χ1) is 7.97. The highest BCUT2D eigenvalue weighted by Crippen LogP contribution is 2.27. The molecule has 0 aliphatic carbocycles. The van der Waals surface area contributed by atoms with Crippen molar-refractivity contribution >= 4 is 41.7 Å². The van der Waals surface area contributed by atoms with E-state index in [9.17, 15) is 4.79 Å². The molecule has 1 rings (SSSR count). The molecule has 0 aromatic rings. The summed E-state index contributed by atoms with van der Waals surface area (Å²) in [5.74, 6) is 0.547. The molecule has 1 aliphatic rings. The van der Waals surface area contributed by atoms with E-state index in [1.165, 1.54) is 0 Å². The summed E-state index contributed by atoms with van der Waals surface area (Å²) in [5.41, 5.74) is 0. The molecule has 1 heterocycles. The van der Waals surface area contributed by atoms with Crippen molar-refractivity contribution in [1.82, 2.24) is 4.90 Å². The summed E-state index contributed by atoms with van der Waals surface area (Å²) in [7, 11) is 0. The van der Waals surface area contributed by atoms with Crippen LogP contribution in [0.4, 0.5) is 0 Å². The third-order valence-corrected chi connectivity index (χ3v) is 4.39. The largest absolute Gasteiger partial charge is 0.338 e. The zero-order valence-electron chi connectivity index (χ0n) is 10.0. The molecule has 5 heteroatoms. The van der Waals surface area contributed by atoms with Gasteiger partial charge in [0.15, 0.2) is 0 Å². The lowest BCUT2D eigenvalue weighted by Gasteiger charge is -2.30. The standard InChI is InChI=1S/C12H17Cl2NOS/c1-3-9(13)10(14)11(17)12(16)15-6-4-8(2)5-7-15/h3,8,17H,4-7H2,1-2H3/b9-3+,11-10+. The number of carbonyl (C=O) groups is 1. The number of piperidine rings is 1. The van der Waals surface area contributed by atoms with Gasteiger partial charge in [-0.2, -0.15) is 0 Å². The second-order valence-corrected chi connectivity index (χ2v) is 5.51. The van der Waals surface area contributed by atoms with Crippen molar-refractivity contribution in [3.63, 3.8) is 0 Å². The summed E-state index contributed by atoms with van der Waals surface area (Å²) in [5, 5.41) is 0.580. The van der Waals surface area contributed by atoms with Crippen molar-refractivity contribution in [3.8, 4) is 0 Å². The molecule has 0 saturated carbocycles. The molecule has 1 fully saturated rings. The number of amides is 1. The van der Waals surface area contributed by atoms with Gasteiger partial charge in [-0.3, -0.25) is 4.79 Å². The van der Waals surface area contributed by atoms with Crippen molar-refractivity contribution in [1.29, 1.82) is 0 Å². The number of rotatable bonds is 2. The first-order valence-electron chi connectivity index (χ1n) is 5.67. The zero-order valence-corrected chi connectivity index (χ0v) is 12.4. The molecule has 0 aromatic heterocycles. The van der Waals surface area contributed by atoms with Crippen LogP contribution in [0.3, 0.4) is 0 Å². The molecule has 0 unspecified atom stereocenters. The molecule has 2 nitrogen and oxygen atoms in total. The van der Waals surface area contributed by atoms with Gasteiger partial charge in [0, 0.05) is 13.1 Å². The molecule has 0 atom stereocenters. The van der Waals surface area contributed by atoms with E-state index in [4.69, 9.17) is 23.2 Å². The van der Waals surface area contributed by atoms with Crippen LogP contribution in [0.1, 0.15) is 26.7 Å². The fraction of sp³-hybridized carbons (Fsp3) is 0.583. The minimum atomic E-state index is -0.134. The molecule has 17 heavy (non-hydrogen) atoms. The van der Waals surface area contributed by atoms with Gasteiger partial charge in [0.05, 0.1) is 15.0 Å². The number of likely N-dealkylation sites (tertiary alicyclic amines) is 1. The van der Waals surface area contributed by atoms with Crippen LogP contribution in [0.15, 0.2) is 21.0 Å². The lowest BCUT2D eigenvalue weighted by atomic mass is 9.99. The predicted molar refractivity (Wildman–Crippen MR) is 76.5 cm³/mol. The van der Waals surface area contributed by atoms with Crippen molar-refractivity contribution in [2.24, 2.45) is 5.92 Å². The van der Waals surface area contributed by atoms with Crippen LogP contribution in [0.5, 0.6) is 0 Å². The Bertz CT molecular complexity index is 358. The van der Waals surface area contributed by atoms with Crippen molar-refractivity contribution in [3.05, 3.63) is 21.0 Å². The van der Waals surface area contributed by atoms with Gasteiger partial charge in [-0.25, -0.2) is 0 Å². The number of halogens is 2. The number of nitrogens with zero attached hydrogens (tertiary/aromatic N) is 1. The minimum absolute atomic E-state index is 0.134. The van der Waals surface area contributed by atoms with Crippen LogP contribution >= 0.6 is 35.8 Å². The summed E-state index contributed by atoms with van der Waals surface area (Å²) in [6.45, 7) is 5.49. The maximum absolute atomic E-state index is 12.1. The monoisotopic (exact) mass is 293 g/mol. The Morgan fingerprint density at radius 2 is 1.88 bits per heavy atom. The Labute approximate surface area is 118 Å². The van der Waals surface area contributed by atoms with Gasteiger partial charge in [0.2, 0.25) is 0 Å². The van der Waals surface area contributed by atoms with Gasteiger partial charge in [-0.15, -0.1) is 12.6 Å². The van der Waals surface area contributed by atoms with E-state index < -0.39 is 0 Å². The van der Waals surface area contributed by atoms with Crippen LogP contribution in [0.2, 0.25) is 0 Å². The number of hydrogen-bond donors (Lipinski definition) is 1. The van der Waals surface area contributed by atoms with Crippen LogP contribution in [-0.4, -0.2) is 23.9 Å². The van der Waals surface area contributed by atoms with Gasteiger partial charge in [-0.05, 0) is 25.7 Å². The molecular formula is C12H17Cl2NOS. The van der Waals surface area contributed by atoms with Gasteiger partial charge in [0.1, 0.15) is 0 Å². The van der Waals surface area contributed by atoms with Crippen LogP contribution in [-0.2, 0) is 4.79 Å². The topological polar surface area (TPSA) is 20.3 Å². The Morgan fingerprint density at radius 3 is 2.35 bits per heavy atom. The molecule has 1 aliphatic heterocycles. The number of allylic oxidation sites excluding steroid dienone is 3. The van der Waals surface area contributed by atoms with Gasteiger partial charge in [-0.1, -0.05) is 36.2 Å². The van der Waals surface area contributed by atoms with Crippen molar-refractivity contribution in [2.75, 3.05) is 13.1 Å². The van der Waals surface area contributed by atoms with Gasteiger partial charge in [0.25, 0.3) is 5.91 Å². The van der Waals surface area contributed by atoms with Crippen LogP contribution in [0.25, 0.3) is 0 Å². The van der Waals surface area contributed by atoms with E-state index >= 15 is 0 Å². The van der Waals surface area contributed by atoms with E-state index in [0.717, 1.165) is 25.9 Å². The first-order valence-corrected chi connectivity index (χ1v) is 6.87. The SMILES string of the molecule is C/C=C(Cl)\C(Cl)=C(/S)C(=O)N1CCC(C)CC1. The lowest BCUT2D eigenvalue weighted by molar-refractivity contribution is -0.127. The van der Waals surface area contributed by atoms with E-state index in [-0.39, 0.29) is 15.8 Å². The van der Waals surface area contributed by atoms with E-state index in [2.05, 4.69) is 19.6 Å². The molecule has 0 spiro atoms. The first kappa shape index (κ1) is 14.9. The van der Waals surface area contributed by atoms with E-state index in [1.807, 2.05) is 0 Å². The molecule has 0 N–H and O–H groups in total. The quantitative estimate of drug-likeness (QED) is 0.467. The second kappa shape index (κ2) is 6.72. The van der Waals surface area contributed by atoms with Crippen LogP contribution < -0.4 is 0 Å². The van der Waals surface area contributed by atoms with E-state index in [1.54, 1.807) is 17.9 Å². The molecule has 1 saturated heterocycles. The molecule has 96 valence electrons. The molecular weight excluding hydrogens is 277 g/mol. The Kier molecular flexibility index (Phi) is 5.90. The molecule has 0 radical (unpaired) electrons. The summed E-state index contributed by atoms with van der Waals surface area (Å²) in [6, 6.07) is 0. The Hall–Kier alpha value is -0.120. The van der Waals surface area contributed by atoms with Crippen molar-refractivity contribution in [2.45, 2.75) is 26.7 Å². The van der Waals surface area contributed by atoms with Crippen molar-refractivity contribution < 1.29 is 4.79 Å². The summed E-state index contributed by atoms with van der Waals surface area (Å²) >= 11 is 16.0. The average molecular weight is 294 g/mol. The Balaban J connectivity index is 2.76. The highest BCUT2D eigenvalue weighted by atomic mass is 35.5. The summed E-state index contributed by atoms with van der Waals surface area (Å²) in [4.78, 5) is 14.1. The van der Waals surface area contributed by atoms with Crippen LogP contribution in [0, 0.1) is 5.92 Å². The fourth-order valence-corrected chi connectivity index (χ4v) is 2.31. The highest BCUT2D eigenvalue weighted by Gasteiger charge is 2.23. The minimum Gasteiger partial charge on any atom is -0.338 e. The number of carbonyl (C=O) groups excluding carboxylic acids is 1. The number of thiol groups is 1. The lowest BCUT2D eigenvalue weighted by Crippen LogP contribution is -2.38. The van der Waals surface area contributed by atoms with Gasteiger partial charge >= 0.3 is 0 Å². The second-order valence-electron chi connectivity index (χ2n) is 4.27. The summed E-state index contributed by atoms with van der Waals surface area (Å²) < 4.78 is 0. The van der Waals surface area contributed by atoms with E-state index in [0.29, 0.717) is 11.0 Å². The Morgan fingerprint density at radius 1 is 1.35 bits per heavy atom. The maximum atomic E-state index is 12.1. The third kappa shape index (κ3) is 3.94. The smallest absolute Gasteiger partial charge is 0.261 e. The maximum Gasteiger partial charge on any atom is 0.261 e. The molecule has 0 aromatic carbocycles. The molecule has 0 bridgehead atoms. The third-order valence-electron chi connectivity index (χ3n) is 2.94. The normalized spacial score (nSPS) is 20.3. The molecule has 1 amide bonds. The summed E-state index contributed by atoms with van der Waals surface area (Å²) in [6.07, 6.45) is 3.70. The zero-order chi connectivity index (χ0) is 13.0. The fourth-order valence-electron chi connectivity index (χ4n) is 1.70. The van der Waals surface area contributed by atoms with Gasteiger partial charge < -0.3 is 4.90 Å². The average Bonchev–Trinajstić information content (AvgIpc) is 2.36. The highest BCUT2D eigenvalue weighted by molar-refractivity contribution is 7.85.